The lowest BCUT2D eigenvalue weighted by atomic mass is 9.96. The van der Waals surface area contributed by atoms with E-state index in [1.807, 2.05) is 0 Å². The van der Waals surface area contributed by atoms with E-state index in [2.05, 4.69) is 0 Å². The van der Waals surface area contributed by atoms with Crippen LogP contribution in [0, 0.1) is 0 Å². The molecule has 0 aliphatic rings. The number of hydrogen-bond acceptors (Lipinski definition) is 4. The number of halogens is 1. The van der Waals surface area contributed by atoms with Crippen molar-refractivity contribution in [1.82, 2.24) is 0 Å². The maximum atomic E-state index is 11.3. The molecule has 0 spiro atoms. The Balaban J connectivity index is 2.28. The number of carboxylic acids is 1. The molecule has 0 saturated carbocycles. The molecule has 1 aromatic rings. The van der Waals surface area contributed by atoms with Crippen LogP contribution < -0.4 is 0 Å². The minimum absolute atomic E-state index is 0.358. The Morgan fingerprint density at radius 3 is 2.48 bits per heavy atom. The minimum atomic E-state index is -0.878. The van der Waals surface area contributed by atoms with Crippen LogP contribution in [0.25, 0.3) is 0 Å². The fraction of sp³-hybridized carbons (Fsp3) is 0.533. The van der Waals surface area contributed by atoms with Gasteiger partial charge in [-0.2, -0.15) is 0 Å². The molecule has 118 valence electrons. The zero-order valence-electron chi connectivity index (χ0n) is 12.1. The SMILES string of the molecule is COCCOCCOCCC(C(=O)O)c1cccc(Cl)c1. The number of carboxylic acid groups (broad SMARTS) is 1. The molecule has 6 heteroatoms. The summed E-state index contributed by atoms with van der Waals surface area (Å²) in [5, 5.41) is 9.81. The maximum Gasteiger partial charge on any atom is 0.311 e. The first-order chi connectivity index (χ1) is 10.1. The van der Waals surface area contributed by atoms with E-state index in [1.165, 1.54) is 0 Å². The van der Waals surface area contributed by atoms with Crippen LogP contribution in [0.1, 0.15) is 17.9 Å². The van der Waals surface area contributed by atoms with Crippen LogP contribution in [0.3, 0.4) is 0 Å². The average Bonchev–Trinajstić information content (AvgIpc) is 2.45. The lowest BCUT2D eigenvalue weighted by molar-refractivity contribution is -0.139. The maximum absolute atomic E-state index is 11.3. The van der Waals surface area contributed by atoms with Gasteiger partial charge in [-0.3, -0.25) is 4.79 Å². The quantitative estimate of drug-likeness (QED) is 0.636. The summed E-state index contributed by atoms with van der Waals surface area (Å²) in [5.41, 5.74) is 0.690. The van der Waals surface area contributed by atoms with Crippen molar-refractivity contribution < 1.29 is 24.1 Å². The smallest absolute Gasteiger partial charge is 0.311 e. The molecule has 1 aromatic carbocycles. The van der Waals surface area contributed by atoms with Gasteiger partial charge in [-0.1, -0.05) is 23.7 Å². The van der Waals surface area contributed by atoms with Crippen molar-refractivity contribution in [2.45, 2.75) is 12.3 Å². The molecule has 0 aromatic heterocycles. The Labute approximate surface area is 129 Å². The topological polar surface area (TPSA) is 65.0 Å². The highest BCUT2D eigenvalue weighted by molar-refractivity contribution is 6.30. The molecule has 1 unspecified atom stereocenters. The van der Waals surface area contributed by atoms with Gasteiger partial charge in [-0.15, -0.1) is 0 Å². The highest BCUT2D eigenvalue weighted by Crippen LogP contribution is 2.23. The first-order valence-electron chi connectivity index (χ1n) is 6.78. The second-order valence-electron chi connectivity index (χ2n) is 4.45. The summed E-state index contributed by atoms with van der Waals surface area (Å²) in [6, 6.07) is 6.91. The molecule has 0 radical (unpaired) electrons. The van der Waals surface area contributed by atoms with Crippen molar-refractivity contribution in [3.05, 3.63) is 34.9 Å². The molecule has 1 rings (SSSR count). The molecular weight excluding hydrogens is 296 g/mol. The normalized spacial score (nSPS) is 12.3. The molecule has 0 fully saturated rings. The van der Waals surface area contributed by atoms with Gasteiger partial charge in [0, 0.05) is 18.7 Å². The lowest BCUT2D eigenvalue weighted by Gasteiger charge is -2.13. The van der Waals surface area contributed by atoms with Crippen LogP contribution in [0.2, 0.25) is 5.02 Å². The van der Waals surface area contributed by atoms with Gasteiger partial charge < -0.3 is 19.3 Å². The summed E-state index contributed by atoms with van der Waals surface area (Å²) in [6.07, 6.45) is 0.397. The molecule has 0 saturated heterocycles. The summed E-state index contributed by atoms with van der Waals surface area (Å²) in [7, 11) is 1.61. The van der Waals surface area contributed by atoms with Gasteiger partial charge in [0.15, 0.2) is 0 Å². The predicted molar refractivity (Wildman–Crippen MR) is 80.0 cm³/mol. The van der Waals surface area contributed by atoms with Crippen molar-refractivity contribution in [3.8, 4) is 0 Å². The van der Waals surface area contributed by atoms with Crippen LogP contribution in [-0.2, 0) is 19.0 Å². The standard InChI is InChI=1S/C15H21ClO5/c1-19-7-8-21-10-9-20-6-5-14(15(17)18)12-3-2-4-13(16)11-12/h2-4,11,14H,5-10H2,1H3,(H,17,18). The number of carbonyl (C=O) groups is 1. The molecule has 0 aliphatic carbocycles. The number of rotatable bonds is 11. The third-order valence-corrected chi connectivity index (χ3v) is 3.14. The van der Waals surface area contributed by atoms with Gasteiger partial charge in [0.1, 0.15) is 0 Å². The number of hydrogen-bond donors (Lipinski definition) is 1. The van der Waals surface area contributed by atoms with E-state index >= 15 is 0 Å². The Kier molecular flexibility index (Phi) is 9.01. The summed E-state index contributed by atoms with van der Waals surface area (Å²) in [6.45, 7) is 2.34. The van der Waals surface area contributed by atoms with Crippen molar-refractivity contribution in [3.63, 3.8) is 0 Å². The van der Waals surface area contributed by atoms with E-state index in [9.17, 15) is 9.90 Å². The van der Waals surface area contributed by atoms with Crippen molar-refractivity contribution in [2.24, 2.45) is 0 Å². The van der Waals surface area contributed by atoms with Crippen LogP contribution in [0.15, 0.2) is 24.3 Å². The molecule has 1 N–H and O–H groups in total. The van der Waals surface area contributed by atoms with E-state index in [4.69, 9.17) is 25.8 Å². The van der Waals surface area contributed by atoms with E-state index < -0.39 is 11.9 Å². The van der Waals surface area contributed by atoms with E-state index in [0.29, 0.717) is 50.0 Å². The van der Waals surface area contributed by atoms with Gasteiger partial charge in [0.2, 0.25) is 0 Å². The molecule has 0 heterocycles. The first kappa shape index (κ1) is 17.9. The zero-order chi connectivity index (χ0) is 15.5. The molecule has 5 nitrogen and oxygen atoms in total. The van der Waals surface area contributed by atoms with Crippen LogP contribution in [0.4, 0.5) is 0 Å². The van der Waals surface area contributed by atoms with Crippen LogP contribution >= 0.6 is 11.6 Å². The monoisotopic (exact) mass is 316 g/mol. The third-order valence-electron chi connectivity index (χ3n) is 2.90. The third kappa shape index (κ3) is 7.43. The minimum Gasteiger partial charge on any atom is -0.481 e. The Morgan fingerprint density at radius 2 is 1.86 bits per heavy atom. The molecular formula is C15H21ClO5. The van der Waals surface area contributed by atoms with Gasteiger partial charge in [-0.25, -0.2) is 0 Å². The zero-order valence-corrected chi connectivity index (χ0v) is 12.8. The van der Waals surface area contributed by atoms with E-state index in [1.54, 1.807) is 31.4 Å². The van der Waals surface area contributed by atoms with E-state index in [-0.39, 0.29) is 0 Å². The largest absolute Gasteiger partial charge is 0.481 e. The fourth-order valence-electron chi connectivity index (χ4n) is 1.82. The number of benzene rings is 1. The molecule has 1 atom stereocenters. The van der Waals surface area contributed by atoms with Crippen molar-refractivity contribution in [1.29, 1.82) is 0 Å². The first-order valence-corrected chi connectivity index (χ1v) is 7.15. The summed E-state index contributed by atoms with van der Waals surface area (Å²) in [5.74, 6) is -1.49. The highest BCUT2D eigenvalue weighted by Gasteiger charge is 2.19. The van der Waals surface area contributed by atoms with Gasteiger partial charge >= 0.3 is 5.97 Å². The molecule has 0 bridgehead atoms. The number of ether oxygens (including phenoxy) is 3. The lowest BCUT2D eigenvalue weighted by Crippen LogP contribution is -2.15. The summed E-state index contributed by atoms with van der Waals surface area (Å²) < 4.78 is 15.5. The second-order valence-corrected chi connectivity index (χ2v) is 4.89. The Morgan fingerprint density at radius 1 is 1.19 bits per heavy atom. The van der Waals surface area contributed by atoms with Gasteiger partial charge in [0.05, 0.1) is 32.3 Å². The average molecular weight is 317 g/mol. The van der Waals surface area contributed by atoms with Crippen molar-refractivity contribution in [2.75, 3.05) is 40.1 Å². The summed E-state index contributed by atoms with van der Waals surface area (Å²) >= 11 is 5.89. The molecule has 0 amide bonds. The van der Waals surface area contributed by atoms with E-state index in [0.717, 1.165) is 0 Å². The van der Waals surface area contributed by atoms with Crippen LogP contribution in [0.5, 0.6) is 0 Å². The molecule has 21 heavy (non-hydrogen) atoms. The van der Waals surface area contributed by atoms with Gasteiger partial charge in [0.25, 0.3) is 0 Å². The van der Waals surface area contributed by atoms with Crippen molar-refractivity contribution >= 4 is 17.6 Å². The fourth-order valence-corrected chi connectivity index (χ4v) is 2.02. The van der Waals surface area contributed by atoms with Gasteiger partial charge in [-0.05, 0) is 24.1 Å². The number of methoxy groups -OCH3 is 1. The molecule has 0 aliphatic heterocycles. The summed E-state index contributed by atoms with van der Waals surface area (Å²) in [4.78, 5) is 11.3. The predicted octanol–water partition coefficient (Wildman–Crippen LogP) is 2.58. The Bertz CT molecular complexity index is 424. The number of aliphatic carboxylic acids is 1. The highest BCUT2D eigenvalue weighted by atomic mass is 35.5. The van der Waals surface area contributed by atoms with Crippen LogP contribution in [-0.4, -0.2) is 51.2 Å². The Hall–Kier alpha value is -1.14. The second kappa shape index (κ2) is 10.6.